The smallest absolute Gasteiger partial charge is 0.213 e. The van der Waals surface area contributed by atoms with Crippen LogP contribution >= 0.6 is 0 Å². The van der Waals surface area contributed by atoms with Gasteiger partial charge in [-0.05, 0) is 74.6 Å². The number of carbonyl (C=O) groups excluding carboxylic acids is 1. The van der Waals surface area contributed by atoms with Gasteiger partial charge in [-0.15, -0.1) is 0 Å². The molecule has 0 radical (unpaired) electrons. The van der Waals surface area contributed by atoms with Crippen LogP contribution in [0.15, 0.2) is 54.7 Å². The van der Waals surface area contributed by atoms with E-state index in [2.05, 4.69) is 41.9 Å². The van der Waals surface area contributed by atoms with E-state index in [9.17, 15) is 4.79 Å². The van der Waals surface area contributed by atoms with Crippen molar-refractivity contribution >= 4 is 11.6 Å². The topological polar surface area (TPSA) is 46.1 Å². The van der Waals surface area contributed by atoms with Crippen molar-refractivity contribution in [2.24, 2.45) is 0 Å². The molecule has 2 aromatic heterocycles. The Kier molecular flexibility index (Phi) is 5.43. The Bertz CT molecular complexity index is 1030. The predicted octanol–water partition coefficient (Wildman–Crippen LogP) is 5.26. The van der Waals surface area contributed by atoms with Gasteiger partial charge in [0.1, 0.15) is 11.5 Å². The first-order valence-corrected chi connectivity index (χ1v) is 10.3. The van der Waals surface area contributed by atoms with E-state index in [0.717, 1.165) is 31.0 Å². The van der Waals surface area contributed by atoms with Crippen molar-refractivity contribution in [1.29, 1.82) is 0 Å². The van der Waals surface area contributed by atoms with Crippen LogP contribution in [0.25, 0.3) is 0 Å². The molecule has 0 N–H and O–H groups in total. The number of nitrogens with zero attached hydrogens (tertiary/aromatic N) is 3. The lowest BCUT2D eigenvalue weighted by Crippen LogP contribution is -2.35. The maximum absolute atomic E-state index is 13.0. The molecule has 4 heteroatoms. The molecule has 0 amide bonds. The zero-order chi connectivity index (χ0) is 20.4. The highest BCUT2D eigenvalue weighted by atomic mass is 16.1. The van der Waals surface area contributed by atoms with Gasteiger partial charge in [0.2, 0.25) is 5.78 Å². The first-order valence-electron chi connectivity index (χ1n) is 10.3. The van der Waals surface area contributed by atoms with Crippen LogP contribution in [-0.2, 0) is 0 Å². The molecule has 4 nitrogen and oxygen atoms in total. The van der Waals surface area contributed by atoms with Crippen LogP contribution in [0.5, 0.6) is 0 Å². The van der Waals surface area contributed by atoms with Crippen LogP contribution in [-0.4, -0.2) is 28.8 Å². The zero-order valence-electron chi connectivity index (χ0n) is 17.4. The molecule has 1 aromatic carbocycles. The summed E-state index contributed by atoms with van der Waals surface area (Å²) < 4.78 is 0. The number of aromatic nitrogens is 2. The number of rotatable bonds is 4. The molecule has 1 fully saturated rings. The minimum Gasteiger partial charge on any atom is -0.356 e. The number of ketones is 1. The number of carbonyl (C=O) groups is 1. The summed E-state index contributed by atoms with van der Waals surface area (Å²) >= 11 is 0. The highest BCUT2D eigenvalue weighted by Crippen LogP contribution is 2.33. The Labute approximate surface area is 174 Å². The van der Waals surface area contributed by atoms with E-state index in [1.54, 1.807) is 18.3 Å². The molecule has 1 atom stereocenters. The fraction of sp³-hybridized carbons (Fsp3) is 0.320. The van der Waals surface area contributed by atoms with Crippen molar-refractivity contribution in [3.8, 4) is 0 Å². The second-order valence-corrected chi connectivity index (χ2v) is 7.94. The van der Waals surface area contributed by atoms with Gasteiger partial charge >= 0.3 is 0 Å². The van der Waals surface area contributed by atoms with Gasteiger partial charge in [0.15, 0.2) is 0 Å². The Morgan fingerprint density at radius 1 is 1.03 bits per heavy atom. The Morgan fingerprint density at radius 2 is 1.79 bits per heavy atom. The molecule has 0 spiro atoms. The summed E-state index contributed by atoms with van der Waals surface area (Å²) in [6, 6.07) is 15.9. The first-order chi connectivity index (χ1) is 14.0. The molecule has 29 heavy (non-hydrogen) atoms. The van der Waals surface area contributed by atoms with Gasteiger partial charge in [0.25, 0.3) is 0 Å². The standard InChI is InChI=1S/C25H27N3O.H2/c1-17-8-4-9-18(2)24(17)20-10-7-15-28(16-20)23-13-5-12-22(27-23)25(29)21-11-6-14-26-19(21)3;/h4-6,8-9,11-14,20H,7,10,15-16H2,1-3H3;1H. The van der Waals surface area contributed by atoms with Crippen molar-refractivity contribution in [3.63, 3.8) is 0 Å². The molecule has 1 unspecified atom stereocenters. The number of hydrogen-bond donors (Lipinski definition) is 0. The molecule has 0 aliphatic carbocycles. The van der Waals surface area contributed by atoms with E-state index in [-0.39, 0.29) is 7.21 Å². The Morgan fingerprint density at radius 3 is 2.55 bits per heavy atom. The highest BCUT2D eigenvalue weighted by molar-refractivity contribution is 6.08. The summed E-state index contributed by atoms with van der Waals surface area (Å²) in [6.07, 6.45) is 4.02. The SMILES string of the molecule is Cc1cccc(C)c1C1CCCN(c2cccc(C(=O)c3cccnc3C)n2)C1.[HH]. The number of hydrogen-bond acceptors (Lipinski definition) is 4. The summed E-state index contributed by atoms with van der Waals surface area (Å²) in [6.45, 7) is 8.17. The van der Waals surface area contributed by atoms with Gasteiger partial charge in [-0.25, -0.2) is 4.98 Å². The van der Waals surface area contributed by atoms with E-state index >= 15 is 0 Å². The van der Waals surface area contributed by atoms with Crippen LogP contribution in [0, 0.1) is 20.8 Å². The number of anilines is 1. The lowest BCUT2D eigenvalue weighted by atomic mass is 9.85. The lowest BCUT2D eigenvalue weighted by Gasteiger charge is -2.35. The summed E-state index contributed by atoms with van der Waals surface area (Å²) in [4.78, 5) is 24.3. The average molecular weight is 388 g/mol. The molecule has 3 heterocycles. The first kappa shape index (κ1) is 19.3. The van der Waals surface area contributed by atoms with E-state index < -0.39 is 0 Å². The fourth-order valence-electron chi connectivity index (χ4n) is 4.48. The average Bonchev–Trinajstić information content (AvgIpc) is 2.74. The van der Waals surface area contributed by atoms with Crippen LogP contribution in [0.1, 0.15) is 58.6 Å². The Hall–Kier alpha value is -3.01. The number of piperidine rings is 1. The van der Waals surface area contributed by atoms with Crippen molar-refractivity contribution in [3.05, 3.63) is 88.4 Å². The molecule has 3 aromatic rings. The third kappa shape index (κ3) is 3.93. The quantitative estimate of drug-likeness (QED) is 0.573. The maximum Gasteiger partial charge on any atom is 0.213 e. The van der Waals surface area contributed by atoms with Gasteiger partial charge in [0.05, 0.1) is 0 Å². The number of aryl methyl sites for hydroxylation is 3. The van der Waals surface area contributed by atoms with E-state index in [1.807, 2.05) is 25.1 Å². The number of benzene rings is 1. The molecule has 1 saturated heterocycles. The van der Waals surface area contributed by atoms with Crippen LogP contribution in [0.4, 0.5) is 5.82 Å². The van der Waals surface area contributed by atoms with Crippen molar-refractivity contribution < 1.29 is 6.22 Å². The van der Waals surface area contributed by atoms with Gasteiger partial charge in [-0.3, -0.25) is 9.78 Å². The summed E-state index contributed by atoms with van der Waals surface area (Å²) in [5.74, 6) is 1.31. The lowest BCUT2D eigenvalue weighted by molar-refractivity contribution is 0.103. The Balaban J connectivity index is 0.00000256. The van der Waals surface area contributed by atoms with Crippen molar-refractivity contribution in [2.45, 2.75) is 39.5 Å². The minimum absolute atomic E-state index is 0. The van der Waals surface area contributed by atoms with E-state index in [4.69, 9.17) is 4.98 Å². The molecular formula is C25H29N3O. The van der Waals surface area contributed by atoms with Crippen molar-refractivity contribution in [1.82, 2.24) is 9.97 Å². The van der Waals surface area contributed by atoms with Crippen LogP contribution in [0.3, 0.4) is 0 Å². The van der Waals surface area contributed by atoms with Gasteiger partial charge in [-0.2, -0.15) is 0 Å². The molecule has 4 rings (SSSR count). The summed E-state index contributed by atoms with van der Waals surface area (Å²) in [5, 5.41) is 0. The van der Waals surface area contributed by atoms with Gasteiger partial charge in [-0.1, -0.05) is 24.3 Å². The highest BCUT2D eigenvalue weighted by Gasteiger charge is 2.25. The zero-order valence-corrected chi connectivity index (χ0v) is 17.4. The maximum atomic E-state index is 13.0. The molecule has 1 aliphatic rings. The molecule has 0 bridgehead atoms. The second kappa shape index (κ2) is 8.16. The fourth-order valence-corrected chi connectivity index (χ4v) is 4.48. The van der Waals surface area contributed by atoms with E-state index in [1.165, 1.54) is 23.1 Å². The van der Waals surface area contributed by atoms with Crippen LogP contribution < -0.4 is 4.90 Å². The predicted molar refractivity (Wildman–Crippen MR) is 119 cm³/mol. The van der Waals surface area contributed by atoms with E-state index in [0.29, 0.717) is 17.2 Å². The second-order valence-electron chi connectivity index (χ2n) is 7.94. The third-order valence-electron chi connectivity index (χ3n) is 5.91. The molecular weight excluding hydrogens is 358 g/mol. The molecule has 1 aliphatic heterocycles. The van der Waals surface area contributed by atoms with Crippen molar-refractivity contribution in [2.75, 3.05) is 18.0 Å². The molecule has 150 valence electrons. The molecule has 0 saturated carbocycles. The number of pyridine rings is 2. The van der Waals surface area contributed by atoms with Gasteiger partial charge in [0, 0.05) is 37.9 Å². The third-order valence-corrected chi connectivity index (χ3v) is 5.91. The normalized spacial score (nSPS) is 16.7. The van der Waals surface area contributed by atoms with Gasteiger partial charge < -0.3 is 4.90 Å². The minimum atomic E-state index is -0.0687. The summed E-state index contributed by atoms with van der Waals surface area (Å²) in [7, 11) is 0. The monoisotopic (exact) mass is 387 g/mol. The van der Waals surface area contributed by atoms with Crippen LogP contribution in [0.2, 0.25) is 0 Å². The summed E-state index contributed by atoms with van der Waals surface area (Å²) in [5.41, 5.74) is 6.02. The largest absolute Gasteiger partial charge is 0.356 e.